The lowest BCUT2D eigenvalue weighted by molar-refractivity contribution is -0.520. The molecule has 0 fully saturated rings. The predicted molar refractivity (Wildman–Crippen MR) is 18.9 cm³/mol. The molecular weight excluding hydrogens is 80.0 g/mol. The maximum Gasteiger partial charge on any atom is -0.0790 e. The van der Waals surface area contributed by atoms with Crippen LogP contribution in [0.5, 0.6) is 0 Å². The zero-order valence-electron chi connectivity index (χ0n) is 3.97. The minimum absolute atomic E-state index is 0.954. The lowest BCUT2D eigenvalue weighted by atomic mass is 10.3. The van der Waals surface area contributed by atoms with Gasteiger partial charge in [-0.05, 0) is 0 Å². The summed E-state index contributed by atoms with van der Waals surface area (Å²) >= 11 is 0. The molecule has 0 aromatic heterocycles. The van der Waals surface area contributed by atoms with E-state index in [2.05, 4.69) is 0 Å². The molecule has 0 bridgehead atoms. The second-order valence-electron chi connectivity index (χ2n) is 1.41. The molecule has 0 heterocycles. The topological polar surface area (TPSA) is 46.1 Å². The summed E-state index contributed by atoms with van der Waals surface area (Å²) in [5.41, 5.74) is 0. The van der Waals surface area contributed by atoms with Gasteiger partial charge in [-0.15, -0.1) is 12.2 Å². The molecule has 0 spiro atoms. The first-order chi connectivity index (χ1) is 2.64. The fourth-order valence-corrected chi connectivity index (χ4v) is 0. The fraction of sp³-hybridized carbons (Fsp3) is 1.00. The predicted octanol–water partition coefficient (Wildman–Crippen LogP) is -1.52. The third-order valence-electron chi connectivity index (χ3n) is 0.661. The average molecular weight is 88.1 g/mol. The summed E-state index contributed by atoms with van der Waals surface area (Å²) in [5, 5.41) is 19.8. The van der Waals surface area contributed by atoms with E-state index in [-0.39, 0.29) is 0 Å². The van der Waals surface area contributed by atoms with E-state index < -0.39 is 12.2 Å². The standard InChI is InChI=1S/C4H8O2/c1-3(5)4(2)6/h3-4H,1-2H3/q-2. The van der Waals surface area contributed by atoms with Gasteiger partial charge in [0.05, 0.1) is 0 Å². The number of hydrogen-bond donors (Lipinski definition) is 0. The van der Waals surface area contributed by atoms with Crippen molar-refractivity contribution < 1.29 is 10.2 Å². The Morgan fingerprint density at radius 3 is 1.17 bits per heavy atom. The van der Waals surface area contributed by atoms with Gasteiger partial charge >= 0.3 is 0 Å². The molecule has 6 heavy (non-hydrogen) atoms. The van der Waals surface area contributed by atoms with E-state index in [9.17, 15) is 10.2 Å². The van der Waals surface area contributed by atoms with E-state index in [1.807, 2.05) is 0 Å². The summed E-state index contributed by atoms with van der Waals surface area (Å²) in [5.74, 6) is 0. The molecule has 0 aliphatic rings. The first kappa shape index (κ1) is 5.92. The van der Waals surface area contributed by atoms with Gasteiger partial charge in [-0.3, -0.25) is 0 Å². The Kier molecular flexibility index (Phi) is 2.13. The van der Waals surface area contributed by atoms with Gasteiger partial charge in [0.2, 0.25) is 0 Å². The van der Waals surface area contributed by atoms with Crippen LogP contribution in [-0.2, 0) is 0 Å². The van der Waals surface area contributed by atoms with Crippen molar-refractivity contribution in [3.05, 3.63) is 0 Å². The quantitative estimate of drug-likeness (QED) is 0.391. The Morgan fingerprint density at radius 1 is 1.00 bits per heavy atom. The molecule has 2 heteroatoms. The first-order valence-corrected chi connectivity index (χ1v) is 1.96. The van der Waals surface area contributed by atoms with Gasteiger partial charge in [-0.1, -0.05) is 13.8 Å². The smallest absolute Gasteiger partial charge is 0.0790 e. The summed E-state index contributed by atoms with van der Waals surface area (Å²) in [4.78, 5) is 0. The molecule has 0 amide bonds. The van der Waals surface area contributed by atoms with Crippen molar-refractivity contribution in [3.63, 3.8) is 0 Å². The van der Waals surface area contributed by atoms with Gasteiger partial charge in [0.1, 0.15) is 0 Å². The third kappa shape index (κ3) is 2.18. The van der Waals surface area contributed by atoms with Gasteiger partial charge in [0.25, 0.3) is 0 Å². The molecule has 2 unspecified atom stereocenters. The zero-order valence-corrected chi connectivity index (χ0v) is 3.97. The Bertz CT molecular complexity index is 26.5. The summed E-state index contributed by atoms with van der Waals surface area (Å²) < 4.78 is 0. The Balaban J connectivity index is 2.99. The monoisotopic (exact) mass is 88.1 g/mol. The van der Waals surface area contributed by atoms with E-state index in [1.165, 1.54) is 13.8 Å². The fourth-order valence-electron chi connectivity index (χ4n) is 0. The Morgan fingerprint density at radius 2 is 1.17 bits per heavy atom. The highest BCUT2D eigenvalue weighted by Gasteiger charge is 1.78. The molecule has 0 rings (SSSR count). The van der Waals surface area contributed by atoms with Gasteiger partial charge in [-0.25, -0.2) is 0 Å². The van der Waals surface area contributed by atoms with Crippen LogP contribution in [0, 0.1) is 0 Å². The normalized spacial score (nSPS) is 20.0. The van der Waals surface area contributed by atoms with E-state index in [0.717, 1.165) is 0 Å². The summed E-state index contributed by atoms with van der Waals surface area (Å²) in [6.45, 7) is 2.75. The average Bonchev–Trinajstić information content (AvgIpc) is 1.36. The largest absolute Gasteiger partial charge is 0.853 e. The molecule has 2 atom stereocenters. The van der Waals surface area contributed by atoms with Crippen molar-refractivity contribution in [3.8, 4) is 0 Å². The minimum Gasteiger partial charge on any atom is -0.853 e. The van der Waals surface area contributed by atoms with Crippen molar-refractivity contribution in [2.45, 2.75) is 26.1 Å². The molecule has 0 aliphatic heterocycles. The van der Waals surface area contributed by atoms with Crippen molar-refractivity contribution in [1.82, 2.24) is 0 Å². The summed E-state index contributed by atoms with van der Waals surface area (Å²) in [6, 6.07) is 0. The second kappa shape index (κ2) is 2.16. The van der Waals surface area contributed by atoms with Crippen LogP contribution in [0.25, 0.3) is 0 Å². The number of rotatable bonds is 1. The lowest BCUT2D eigenvalue weighted by Crippen LogP contribution is -2.41. The van der Waals surface area contributed by atoms with Gasteiger partial charge in [0.15, 0.2) is 0 Å². The van der Waals surface area contributed by atoms with Crippen LogP contribution in [-0.4, -0.2) is 12.2 Å². The Labute approximate surface area is 37.4 Å². The van der Waals surface area contributed by atoms with Crippen LogP contribution in [0.1, 0.15) is 13.8 Å². The zero-order chi connectivity index (χ0) is 5.15. The second-order valence-corrected chi connectivity index (χ2v) is 1.41. The van der Waals surface area contributed by atoms with Gasteiger partial charge < -0.3 is 10.2 Å². The molecule has 0 aromatic carbocycles. The van der Waals surface area contributed by atoms with Gasteiger partial charge in [-0.2, -0.15) is 0 Å². The molecule has 0 aromatic rings. The molecule has 38 valence electrons. The lowest BCUT2D eigenvalue weighted by Gasteiger charge is -2.29. The molecule has 2 nitrogen and oxygen atoms in total. The van der Waals surface area contributed by atoms with E-state index in [1.54, 1.807) is 0 Å². The van der Waals surface area contributed by atoms with Gasteiger partial charge in [0, 0.05) is 0 Å². The third-order valence-corrected chi connectivity index (χ3v) is 0.661. The molecule has 0 radical (unpaired) electrons. The minimum atomic E-state index is -0.954. The highest BCUT2D eigenvalue weighted by molar-refractivity contribution is 4.47. The van der Waals surface area contributed by atoms with Crippen LogP contribution in [0.2, 0.25) is 0 Å². The van der Waals surface area contributed by atoms with Crippen LogP contribution < -0.4 is 10.2 Å². The Hall–Kier alpha value is -0.0800. The maximum absolute atomic E-state index is 9.91. The molecule has 0 saturated heterocycles. The highest BCUT2D eigenvalue weighted by atomic mass is 16.3. The van der Waals surface area contributed by atoms with Crippen molar-refractivity contribution in [2.75, 3.05) is 0 Å². The van der Waals surface area contributed by atoms with Crippen LogP contribution in [0.4, 0.5) is 0 Å². The molecular formula is C4H8O2-2. The summed E-state index contributed by atoms with van der Waals surface area (Å²) in [6.07, 6.45) is -1.91. The van der Waals surface area contributed by atoms with Crippen molar-refractivity contribution in [2.24, 2.45) is 0 Å². The van der Waals surface area contributed by atoms with Crippen molar-refractivity contribution in [1.29, 1.82) is 0 Å². The first-order valence-electron chi connectivity index (χ1n) is 1.96. The SMILES string of the molecule is CC([O-])C(C)[O-]. The highest BCUT2D eigenvalue weighted by Crippen LogP contribution is 1.76. The van der Waals surface area contributed by atoms with E-state index >= 15 is 0 Å². The number of hydrogen-bond acceptors (Lipinski definition) is 2. The van der Waals surface area contributed by atoms with E-state index in [0.29, 0.717) is 0 Å². The van der Waals surface area contributed by atoms with E-state index in [4.69, 9.17) is 0 Å². The summed E-state index contributed by atoms with van der Waals surface area (Å²) in [7, 11) is 0. The van der Waals surface area contributed by atoms with Crippen LogP contribution in [0.3, 0.4) is 0 Å². The molecule has 0 saturated carbocycles. The van der Waals surface area contributed by atoms with Crippen molar-refractivity contribution >= 4 is 0 Å². The maximum atomic E-state index is 9.91. The van der Waals surface area contributed by atoms with Crippen LogP contribution in [0.15, 0.2) is 0 Å². The molecule has 0 N–H and O–H groups in total. The molecule has 0 aliphatic carbocycles. The van der Waals surface area contributed by atoms with Crippen LogP contribution >= 0.6 is 0 Å².